The molecule has 6 heteroatoms. The van der Waals surface area contributed by atoms with Gasteiger partial charge in [-0.1, -0.05) is 0 Å². The van der Waals surface area contributed by atoms with Crippen LogP contribution in [-0.2, 0) is 0 Å². The van der Waals surface area contributed by atoms with E-state index in [4.69, 9.17) is 10.2 Å². The van der Waals surface area contributed by atoms with Crippen LogP contribution >= 0.6 is 0 Å². The van der Waals surface area contributed by atoms with Gasteiger partial charge in [0.1, 0.15) is 12.1 Å². The molecule has 0 saturated carbocycles. The quantitative estimate of drug-likeness (QED) is 0.818. The zero-order valence-electron chi connectivity index (χ0n) is 9.52. The third kappa shape index (κ3) is 2.60. The van der Waals surface area contributed by atoms with Gasteiger partial charge in [-0.15, -0.1) is 0 Å². The number of carbonyl (C=O) groups excluding carboxylic acids is 1. The van der Waals surface area contributed by atoms with Crippen LogP contribution in [-0.4, -0.2) is 15.9 Å². The first kappa shape index (κ1) is 11.1. The predicted molar refractivity (Wildman–Crippen MR) is 62.6 cm³/mol. The van der Waals surface area contributed by atoms with Crippen LogP contribution in [0.1, 0.15) is 21.7 Å². The molecule has 0 saturated heterocycles. The van der Waals surface area contributed by atoms with Crippen LogP contribution < -0.4 is 11.1 Å². The first-order valence-electron chi connectivity index (χ1n) is 5.02. The van der Waals surface area contributed by atoms with Crippen molar-refractivity contribution in [1.29, 1.82) is 0 Å². The molecule has 0 aliphatic rings. The van der Waals surface area contributed by atoms with Crippen molar-refractivity contribution in [3.8, 4) is 0 Å². The van der Waals surface area contributed by atoms with Gasteiger partial charge in [-0.05, 0) is 26.0 Å². The summed E-state index contributed by atoms with van der Waals surface area (Å²) in [5, 5.41) is 2.53. The minimum atomic E-state index is -0.330. The number of rotatable bonds is 2. The molecule has 0 aliphatic heterocycles. The highest BCUT2D eigenvalue weighted by atomic mass is 16.4. The molecule has 0 bridgehead atoms. The Balaban J connectivity index is 2.19. The summed E-state index contributed by atoms with van der Waals surface area (Å²) in [4.78, 5) is 19.8. The molecule has 0 radical (unpaired) electrons. The Kier molecular flexibility index (Phi) is 2.78. The van der Waals surface area contributed by atoms with E-state index in [1.165, 1.54) is 12.3 Å². The minimum absolute atomic E-state index is 0.167. The number of nitrogen functional groups attached to an aromatic ring is 1. The van der Waals surface area contributed by atoms with Crippen LogP contribution in [0.5, 0.6) is 0 Å². The molecule has 2 aromatic heterocycles. The number of aryl methyl sites for hydroxylation is 2. The number of aromatic nitrogens is 2. The summed E-state index contributed by atoms with van der Waals surface area (Å²) in [6.45, 7) is 3.54. The molecular weight excluding hydrogens is 220 g/mol. The standard InChI is InChI=1S/C11H12N4O2/c1-6-3-8(4-9(12)13-6)10(16)15-11-14-7(2)5-17-11/h3-5H,1-2H3,(H2,12,13)(H,14,15,16). The van der Waals surface area contributed by atoms with Crippen LogP contribution in [0.4, 0.5) is 11.8 Å². The predicted octanol–water partition coefficient (Wildman–Crippen LogP) is 1.52. The van der Waals surface area contributed by atoms with Crippen LogP contribution in [0.25, 0.3) is 0 Å². The lowest BCUT2D eigenvalue weighted by atomic mass is 10.2. The number of hydrogen-bond acceptors (Lipinski definition) is 5. The molecule has 88 valence electrons. The zero-order valence-corrected chi connectivity index (χ0v) is 9.52. The van der Waals surface area contributed by atoms with Crippen molar-refractivity contribution in [1.82, 2.24) is 9.97 Å². The van der Waals surface area contributed by atoms with E-state index in [9.17, 15) is 4.79 Å². The summed E-state index contributed by atoms with van der Waals surface area (Å²) in [6.07, 6.45) is 1.46. The molecule has 2 rings (SSSR count). The number of oxazole rings is 1. The maximum atomic E-state index is 11.8. The molecule has 3 N–H and O–H groups in total. The first-order valence-corrected chi connectivity index (χ1v) is 5.02. The molecule has 0 aliphatic carbocycles. The Labute approximate surface area is 97.9 Å². The summed E-state index contributed by atoms with van der Waals surface area (Å²) >= 11 is 0. The van der Waals surface area contributed by atoms with E-state index in [1.807, 2.05) is 0 Å². The van der Waals surface area contributed by atoms with Gasteiger partial charge < -0.3 is 10.2 Å². The maximum Gasteiger partial charge on any atom is 0.301 e. The fourth-order valence-electron chi connectivity index (χ4n) is 1.41. The molecular formula is C11H12N4O2. The highest BCUT2D eigenvalue weighted by molar-refractivity contribution is 6.03. The average molecular weight is 232 g/mol. The van der Waals surface area contributed by atoms with E-state index in [1.54, 1.807) is 19.9 Å². The van der Waals surface area contributed by atoms with E-state index in [0.717, 1.165) is 0 Å². The van der Waals surface area contributed by atoms with E-state index in [2.05, 4.69) is 15.3 Å². The monoisotopic (exact) mass is 232 g/mol. The average Bonchev–Trinajstić information content (AvgIpc) is 2.62. The third-order valence-electron chi connectivity index (χ3n) is 2.07. The molecule has 0 aromatic carbocycles. The van der Waals surface area contributed by atoms with Gasteiger partial charge in [0, 0.05) is 11.3 Å². The van der Waals surface area contributed by atoms with Gasteiger partial charge in [0.05, 0.1) is 5.69 Å². The molecule has 0 fully saturated rings. The summed E-state index contributed by atoms with van der Waals surface area (Å²) in [7, 11) is 0. The normalized spacial score (nSPS) is 10.2. The van der Waals surface area contributed by atoms with Gasteiger partial charge in [0.2, 0.25) is 0 Å². The topological polar surface area (TPSA) is 94.0 Å². The van der Waals surface area contributed by atoms with Crippen LogP contribution in [0.15, 0.2) is 22.8 Å². The van der Waals surface area contributed by atoms with E-state index < -0.39 is 0 Å². The largest absolute Gasteiger partial charge is 0.432 e. The number of pyridine rings is 1. The van der Waals surface area contributed by atoms with Crippen molar-refractivity contribution in [2.24, 2.45) is 0 Å². The SMILES string of the molecule is Cc1cc(C(=O)Nc2nc(C)co2)cc(N)n1. The van der Waals surface area contributed by atoms with E-state index in [-0.39, 0.29) is 11.9 Å². The Morgan fingerprint density at radius 2 is 2.06 bits per heavy atom. The Morgan fingerprint density at radius 1 is 1.29 bits per heavy atom. The summed E-state index contributed by atoms with van der Waals surface area (Å²) in [6, 6.07) is 3.31. The fraction of sp³-hybridized carbons (Fsp3) is 0.182. The lowest BCUT2D eigenvalue weighted by molar-refractivity contribution is 0.102. The Morgan fingerprint density at radius 3 is 2.65 bits per heavy atom. The van der Waals surface area contributed by atoms with Crippen molar-refractivity contribution in [3.05, 3.63) is 35.3 Å². The third-order valence-corrected chi connectivity index (χ3v) is 2.07. The van der Waals surface area contributed by atoms with Gasteiger partial charge in [0.25, 0.3) is 5.91 Å². The van der Waals surface area contributed by atoms with Crippen LogP contribution in [0, 0.1) is 13.8 Å². The van der Waals surface area contributed by atoms with Gasteiger partial charge >= 0.3 is 6.01 Å². The second kappa shape index (κ2) is 4.25. The number of anilines is 2. The van der Waals surface area contributed by atoms with E-state index in [0.29, 0.717) is 22.8 Å². The highest BCUT2D eigenvalue weighted by Gasteiger charge is 2.10. The van der Waals surface area contributed by atoms with Gasteiger partial charge in [-0.2, -0.15) is 4.98 Å². The molecule has 2 heterocycles. The molecule has 0 spiro atoms. The number of nitrogens with one attached hydrogen (secondary N) is 1. The minimum Gasteiger partial charge on any atom is -0.432 e. The lowest BCUT2D eigenvalue weighted by Crippen LogP contribution is -2.13. The number of hydrogen-bond donors (Lipinski definition) is 2. The summed E-state index contributed by atoms with van der Waals surface area (Å²) in [5.41, 5.74) is 7.37. The van der Waals surface area contributed by atoms with Gasteiger partial charge in [-0.25, -0.2) is 4.98 Å². The van der Waals surface area contributed by atoms with Gasteiger partial charge in [0.15, 0.2) is 0 Å². The second-order valence-corrected chi connectivity index (χ2v) is 3.67. The van der Waals surface area contributed by atoms with Crippen molar-refractivity contribution in [2.45, 2.75) is 13.8 Å². The summed E-state index contributed by atoms with van der Waals surface area (Å²) < 4.78 is 5.03. The zero-order chi connectivity index (χ0) is 12.4. The number of nitrogens with two attached hydrogens (primary N) is 1. The highest BCUT2D eigenvalue weighted by Crippen LogP contribution is 2.11. The first-order chi connectivity index (χ1) is 8.04. The fourth-order valence-corrected chi connectivity index (χ4v) is 1.41. The van der Waals surface area contributed by atoms with Crippen molar-refractivity contribution >= 4 is 17.7 Å². The van der Waals surface area contributed by atoms with Crippen molar-refractivity contribution in [3.63, 3.8) is 0 Å². The second-order valence-electron chi connectivity index (χ2n) is 3.67. The Bertz CT molecular complexity index is 542. The maximum absolute atomic E-state index is 11.8. The van der Waals surface area contributed by atoms with Gasteiger partial charge in [-0.3, -0.25) is 10.1 Å². The Hall–Kier alpha value is -2.37. The van der Waals surface area contributed by atoms with Crippen molar-refractivity contribution < 1.29 is 9.21 Å². The number of amides is 1. The van der Waals surface area contributed by atoms with Crippen LogP contribution in [0.3, 0.4) is 0 Å². The summed E-state index contributed by atoms with van der Waals surface area (Å²) in [5.74, 6) is -0.0252. The molecule has 6 nitrogen and oxygen atoms in total. The van der Waals surface area contributed by atoms with E-state index >= 15 is 0 Å². The number of nitrogens with zero attached hydrogens (tertiary/aromatic N) is 2. The number of carbonyl (C=O) groups is 1. The van der Waals surface area contributed by atoms with Crippen LogP contribution in [0.2, 0.25) is 0 Å². The smallest absolute Gasteiger partial charge is 0.301 e. The molecule has 0 atom stereocenters. The molecule has 1 amide bonds. The molecule has 0 unspecified atom stereocenters. The van der Waals surface area contributed by atoms with Crippen molar-refractivity contribution in [2.75, 3.05) is 11.1 Å². The molecule has 2 aromatic rings. The lowest BCUT2D eigenvalue weighted by Gasteiger charge is -2.03. The molecule has 17 heavy (non-hydrogen) atoms.